The van der Waals surface area contributed by atoms with E-state index in [4.69, 9.17) is 9.47 Å². The van der Waals surface area contributed by atoms with Crippen LogP contribution < -0.4 is 4.74 Å². The summed E-state index contributed by atoms with van der Waals surface area (Å²) in [6.07, 6.45) is 0. The summed E-state index contributed by atoms with van der Waals surface area (Å²) < 4.78 is 10.8. The second-order valence-corrected chi connectivity index (χ2v) is 8.58. The molecule has 0 bridgehead atoms. The number of hydrogen-bond acceptors (Lipinski definition) is 7. The van der Waals surface area contributed by atoms with Gasteiger partial charge in [-0.15, -0.1) is 0 Å². The molecular weight excluding hydrogens is 470 g/mol. The SMILES string of the molecule is Cc1cc(C(=O)OC(=O)c2ccccc2)cc(C)c1OC(=O)c1c2ccccc2nc2ccc(O)cc12. The smallest absolute Gasteiger partial charge is 0.346 e. The van der Waals surface area contributed by atoms with Gasteiger partial charge in [0.05, 0.1) is 27.7 Å². The number of carbonyl (C=O) groups excluding carboxylic acids is 3. The number of fused-ring (bicyclic) bond motifs is 2. The molecule has 0 atom stereocenters. The highest BCUT2D eigenvalue weighted by Crippen LogP contribution is 2.32. The van der Waals surface area contributed by atoms with Crippen molar-refractivity contribution in [1.29, 1.82) is 0 Å². The van der Waals surface area contributed by atoms with Crippen molar-refractivity contribution in [3.63, 3.8) is 0 Å². The molecule has 0 aliphatic rings. The number of carbonyl (C=O) groups is 3. The zero-order valence-corrected chi connectivity index (χ0v) is 20.0. The van der Waals surface area contributed by atoms with Gasteiger partial charge in [0.25, 0.3) is 0 Å². The number of para-hydroxylation sites is 1. The van der Waals surface area contributed by atoms with Crippen molar-refractivity contribution in [1.82, 2.24) is 4.98 Å². The summed E-state index contributed by atoms with van der Waals surface area (Å²) >= 11 is 0. The summed E-state index contributed by atoms with van der Waals surface area (Å²) in [7, 11) is 0. The number of ether oxygens (including phenoxy) is 2. The summed E-state index contributed by atoms with van der Waals surface area (Å²) in [5.41, 5.74) is 2.87. The number of pyridine rings is 1. The third kappa shape index (κ3) is 4.62. The molecule has 0 fully saturated rings. The van der Waals surface area contributed by atoms with Gasteiger partial charge in [0, 0.05) is 10.8 Å². The third-order valence-corrected chi connectivity index (χ3v) is 5.95. The van der Waals surface area contributed by atoms with Gasteiger partial charge >= 0.3 is 17.9 Å². The fourth-order valence-corrected chi connectivity index (χ4v) is 4.25. The molecule has 0 saturated heterocycles. The number of aromatic hydroxyl groups is 1. The molecule has 37 heavy (non-hydrogen) atoms. The zero-order chi connectivity index (χ0) is 26.1. The largest absolute Gasteiger partial charge is 0.508 e. The molecule has 1 heterocycles. The minimum absolute atomic E-state index is 0.00101. The maximum absolute atomic E-state index is 13.5. The molecule has 0 spiro atoms. The molecule has 7 nitrogen and oxygen atoms in total. The van der Waals surface area contributed by atoms with E-state index >= 15 is 0 Å². The Labute approximate surface area is 211 Å². The second-order valence-electron chi connectivity index (χ2n) is 8.58. The average Bonchev–Trinajstić information content (AvgIpc) is 2.89. The van der Waals surface area contributed by atoms with Gasteiger partial charge in [0.15, 0.2) is 0 Å². The van der Waals surface area contributed by atoms with E-state index in [1.54, 1.807) is 68.4 Å². The van der Waals surface area contributed by atoms with Crippen LogP contribution in [0, 0.1) is 13.8 Å². The van der Waals surface area contributed by atoms with Gasteiger partial charge in [0.1, 0.15) is 11.5 Å². The Hall–Kier alpha value is -5.04. The first-order chi connectivity index (χ1) is 17.8. The van der Waals surface area contributed by atoms with Crippen LogP contribution in [0.25, 0.3) is 21.8 Å². The number of rotatable bonds is 4. The monoisotopic (exact) mass is 491 g/mol. The summed E-state index contributed by atoms with van der Waals surface area (Å²) in [6, 6.07) is 23.0. The van der Waals surface area contributed by atoms with E-state index in [1.165, 1.54) is 24.3 Å². The van der Waals surface area contributed by atoms with Crippen LogP contribution in [-0.2, 0) is 4.74 Å². The average molecular weight is 491 g/mol. The van der Waals surface area contributed by atoms with E-state index in [0.717, 1.165) is 0 Å². The standard InChI is InChI=1S/C30H21NO6/c1-17-14-20(29(34)37-28(33)19-8-4-3-5-9-19)15-18(2)27(17)36-30(35)26-22-10-6-7-11-24(22)31-25-13-12-21(32)16-23(25)26/h3-16,32H,1-2H3. The number of hydrogen-bond donors (Lipinski definition) is 1. The molecule has 7 heteroatoms. The topological polar surface area (TPSA) is 103 Å². The third-order valence-electron chi connectivity index (χ3n) is 5.95. The van der Waals surface area contributed by atoms with Gasteiger partial charge in [-0.3, -0.25) is 0 Å². The number of benzene rings is 4. The van der Waals surface area contributed by atoms with Gasteiger partial charge in [-0.2, -0.15) is 0 Å². The minimum Gasteiger partial charge on any atom is -0.508 e. The Morgan fingerprint density at radius 2 is 1.30 bits per heavy atom. The summed E-state index contributed by atoms with van der Waals surface area (Å²) in [4.78, 5) is 43.0. The lowest BCUT2D eigenvalue weighted by Gasteiger charge is -2.15. The van der Waals surface area contributed by atoms with Crippen LogP contribution in [0.1, 0.15) is 42.2 Å². The molecule has 5 rings (SSSR count). The summed E-state index contributed by atoms with van der Waals surface area (Å²) in [5.74, 6) is -1.91. The number of aryl methyl sites for hydroxylation is 2. The van der Waals surface area contributed by atoms with Crippen molar-refractivity contribution >= 4 is 39.7 Å². The van der Waals surface area contributed by atoms with E-state index < -0.39 is 17.9 Å². The van der Waals surface area contributed by atoms with Crippen LogP contribution in [0.2, 0.25) is 0 Å². The molecule has 0 aliphatic heterocycles. The molecule has 0 aliphatic carbocycles. The number of phenolic OH excluding ortho intramolecular Hbond substituents is 1. The second kappa shape index (κ2) is 9.54. The molecule has 182 valence electrons. The molecule has 0 saturated carbocycles. The van der Waals surface area contributed by atoms with Crippen LogP contribution in [0.4, 0.5) is 0 Å². The highest BCUT2D eigenvalue weighted by Gasteiger charge is 2.22. The quantitative estimate of drug-likeness (QED) is 0.144. The minimum atomic E-state index is -0.806. The first kappa shape index (κ1) is 23.7. The van der Waals surface area contributed by atoms with Crippen molar-refractivity contribution in [2.45, 2.75) is 13.8 Å². The molecule has 0 unspecified atom stereocenters. The molecule has 1 aromatic heterocycles. The molecule has 0 radical (unpaired) electrons. The van der Waals surface area contributed by atoms with E-state index in [1.807, 2.05) is 6.07 Å². The maximum atomic E-state index is 13.5. The highest BCUT2D eigenvalue weighted by atomic mass is 16.6. The van der Waals surface area contributed by atoms with Crippen LogP contribution in [0.5, 0.6) is 11.5 Å². The zero-order valence-electron chi connectivity index (χ0n) is 20.0. The summed E-state index contributed by atoms with van der Waals surface area (Å²) in [6.45, 7) is 3.39. The molecule has 1 N–H and O–H groups in total. The fraction of sp³-hybridized carbons (Fsp3) is 0.0667. The predicted molar refractivity (Wildman–Crippen MR) is 138 cm³/mol. The molecular formula is C30H21NO6. The van der Waals surface area contributed by atoms with Gasteiger partial charge in [-0.1, -0.05) is 36.4 Å². The number of esters is 3. The number of phenols is 1. The Bertz CT molecular complexity index is 1690. The molecule has 4 aromatic carbocycles. The van der Waals surface area contributed by atoms with Crippen molar-refractivity contribution < 1.29 is 29.0 Å². The number of nitrogens with zero attached hydrogens (tertiary/aromatic N) is 1. The first-order valence-corrected chi connectivity index (χ1v) is 11.5. The van der Waals surface area contributed by atoms with Crippen LogP contribution in [-0.4, -0.2) is 28.0 Å². The van der Waals surface area contributed by atoms with Gasteiger partial charge in [-0.25, -0.2) is 19.4 Å². The van der Waals surface area contributed by atoms with Crippen LogP contribution in [0.15, 0.2) is 84.9 Å². The van der Waals surface area contributed by atoms with Gasteiger partial charge < -0.3 is 14.6 Å². The molecule has 5 aromatic rings. The Kier molecular flexibility index (Phi) is 6.11. The van der Waals surface area contributed by atoms with E-state index in [0.29, 0.717) is 32.9 Å². The molecule has 0 amide bonds. The summed E-state index contributed by atoms with van der Waals surface area (Å²) in [5, 5.41) is 11.1. The normalized spacial score (nSPS) is 10.9. The van der Waals surface area contributed by atoms with Crippen molar-refractivity contribution in [3.8, 4) is 11.5 Å². The lowest BCUT2D eigenvalue weighted by molar-refractivity contribution is 0.0397. The van der Waals surface area contributed by atoms with Crippen molar-refractivity contribution in [2.24, 2.45) is 0 Å². The van der Waals surface area contributed by atoms with E-state index in [-0.39, 0.29) is 28.2 Å². The highest BCUT2D eigenvalue weighted by molar-refractivity contribution is 6.15. The van der Waals surface area contributed by atoms with E-state index in [9.17, 15) is 19.5 Å². The Morgan fingerprint density at radius 3 is 2.03 bits per heavy atom. The van der Waals surface area contributed by atoms with Crippen molar-refractivity contribution in [3.05, 3.63) is 113 Å². The lowest BCUT2D eigenvalue weighted by atomic mass is 10.0. The Morgan fingerprint density at radius 1 is 0.676 bits per heavy atom. The van der Waals surface area contributed by atoms with Gasteiger partial charge in [0.2, 0.25) is 0 Å². The fourth-order valence-electron chi connectivity index (χ4n) is 4.25. The number of aromatic nitrogens is 1. The maximum Gasteiger partial charge on any atom is 0.346 e. The van der Waals surface area contributed by atoms with Gasteiger partial charge in [-0.05, 0) is 73.5 Å². The van der Waals surface area contributed by atoms with Crippen molar-refractivity contribution in [2.75, 3.05) is 0 Å². The Balaban J connectivity index is 1.47. The van der Waals surface area contributed by atoms with E-state index in [2.05, 4.69) is 4.98 Å². The lowest BCUT2D eigenvalue weighted by Crippen LogP contribution is -2.15. The predicted octanol–water partition coefficient (Wildman–Crippen LogP) is 5.93. The first-order valence-electron chi connectivity index (χ1n) is 11.5. The van der Waals surface area contributed by atoms with Crippen LogP contribution >= 0.6 is 0 Å². The van der Waals surface area contributed by atoms with Crippen LogP contribution in [0.3, 0.4) is 0 Å².